The van der Waals surface area contributed by atoms with Gasteiger partial charge in [0.1, 0.15) is 5.75 Å². The molecule has 0 bridgehead atoms. The SMILES string of the molecule is CCCCCCCCCCCCCCCCCCOc1ccc2c3c(cccc13)CC(CC)=C2. The highest BCUT2D eigenvalue weighted by atomic mass is 16.5. The second kappa shape index (κ2) is 16.0. The Hall–Kier alpha value is -1.76. The van der Waals surface area contributed by atoms with Gasteiger partial charge < -0.3 is 4.74 Å². The largest absolute Gasteiger partial charge is 0.493 e. The molecule has 0 saturated heterocycles. The average Bonchev–Trinajstić information content (AvgIpc) is 2.87. The van der Waals surface area contributed by atoms with Gasteiger partial charge in [-0.25, -0.2) is 0 Å². The van der Waals surface area contributed by atoms with Gasteiger partial charge in [0, 0.05) is 5.39 Å². The summed E-state index contributed by atoms with van der Waals surface area (Å²) in [4.78, 5) is 0. The molecule has 3 rings (SSSR count). The molecule has 0 saturated carbocycles. The van der Waals surface area contributed by atoms with E-state index in [4.69, 9.17) is 4.74 Å². The topological polar surface area (TPSA) is 9.23 Å². The van der Waals surface area contributed by atoms with Crippen LogP contribution in [0.25, 0.3) is 16.8 Å². The van der Waals surface area contributed by atoms with Crippen LogP contribution in [0.5, 0.6) is 5.75 Å². The number of benzene rings is 2. The summed E-state index contributed by atoms with van der Waals surface area (Å²) in [5.41, 5.74) is 4.35. The van der Waals surface area contributed by atoms with Crippen molar-refractivity contribution >= 4 is 16.8 Å². The first-order valence-corrected chi connectivity index (χ1v) is 14.7. The van der Waals surface area contributed by atoms with E-state index in [0.717, 1.165) is 25.2 Å². The number of hydrogen-bond acceptors (Lipinski definition) is 1. The third-order valence-corrected chi connectivity index (χ3v) is 7.61. The quantitative estimate of drug-likeness (QED) is 0.189. The Morgan fingerprint density at radius 1 is 0.647 bits per heavy atom. The number of allylic oxidation sites excluding steroid dienone is 1. The summed E-state index contributed by atoms with van der Waals surface area (Å²) in [7, 11) is 0. The van der Waals surface area contributed by atoms with Gasteiger partial charge in [-0.15, -0.1) is 0 Å². The maximum absolute atomic E-state index is 6.25. The lowest BCUT2D eigenvalue weighted by Gasteiger charge is -2.19. The highest BCUT2D eigenvalue weighted by Crippen LogP contribution is 2.37. The third-order valence-electron chi connectivity index (χ3n) is 7.61. The summed E-state index contributed by atoms with van der Waals surface area (Å²) in [6.07, 6.45) is 27.1. The van der Waals surface area contributed by atoms with Crippen molar-refractivity contribution in [1.82, 2.24) is 0 Å². The van der Waals surface area contributed by atoms with Gasteiger partial charge in [-0.1, -0.05) is 146 Å². The van der Waals surface area contributed by atoms with Crippen LogP contribution in [0.15, 0.2) is 35.9 Å². The summed E-state index contributed by atoms with van der Waals surface area (Å²) < 4.78 is 6.25. The Labute approximate surface area is 210 Å². The van der Waals surface area contributed by atoms with Crippen molar-refractivity contribution in [3.05, 3.63) is 47.0 Å². The summed E-state index contributed by atoms with van der Waals surface area (Å²) in [5, 5.41) is 2.70. The molecule has 34 heavy (non-hydrogen) atoms. The van der Waals surface area contributed by atoms with E-state index in [2.05, 4.69) is 50.3 Å². The fraction of sp³-hybridized carbons (Fsp3) is 0.636. The zero-order valence-electron chi connectivity index (χ0n) is 22.3. The summed E-state index contributed by atoms with van der Waals surface area (Å²) in [6.45, 7) is 5.39. The second-order valence-corrected chi connectivity index (χ2v) is 10.5. The lowest BCUT2D eigenvalue weighted by molar-refractivity contribution is 0.307. The summed E-state index contributed by atoms with van der Waals surface area (Å²) in [5.74, 6) is 1.06. The highest BCUT2D eigenvalue weighted by molar-refractivity contribution is 5.99. The molecular formula is C33H50O. The smallest absolute Gasteiger partial charge is 0.127 e. The van der Waals surface area contributed by atoms with Crippen LogP contribution in [-0.4, -0.2) is 6.61 Å². The first kappa shape index (κ1) is 26.8. The molecule has 188 valence electrons. The number of hydrogen-bond donors (Lipinski definition) is 0. The summed E-state index contributed by atoms with van der Waals surface area (Å²) in [6, 6.07) is 11.2. The number of ether oxygens (including phenoxy) is 1. The molecule has 0 aliphatic heterocycles. The number of rotatable bonds is 19. The van der Waals surface area contributed by atoms with E-state index in [0.29, 0.717) is 0 Å². The van der Waals surface area contributed by atoms with Gasteiger partial charge in [-0.2, -0.15) is 0 Å². The lowest BCUT2D eigenvalue weighted by Crippen LogP contribution is -2.02. The lowest BCUT2D eigenvalue weighted by atomic mass is 9.88. The van der Waals surface area contributed by atoms with Crippen LogP contribution in [0.4, 0.5) is 0 Å². The number of unbranched alkanes of at least 4 members (excludes halogenated alkanes) is 15. The zero-order chi connectivity index (χ0) is 23.8. The molecule has 0 radical (unpaired) electrons. The second-order valence-electron chi connectivity index (χ2n) is 10.5. The average molecular weight is 463 g/mol. The van der Waals surface area contributed by atoms with Crippen molar-refractivity contribution in [2.75, 3.05) is 6.61 Å². The molecule has 2 aromatic carbocycles. The first-order valence-electron chi connectivity index (χ1n) is 14.7. The van der Waals surface area contributed by atoms with Crippen molar-refractivity contribution in [2.45, 2.75) is 129 Å². The minimum Gasteiger partial charge on any atom is -0.493 e. The Bertz CT molecular complexity index is 862. The first-order chi connectivity index (χ1) is 16.8. The third kappa shape index (κ3) is 8.79. The van der Waals surface area contributed by atoms with Crippen LogP contribution in [0.2, 0.25) is 0 Å². The highest BCUT2D eigenvalue weighted by Gasteiger charge is 2.15. The molecule has 1 aliphatic carbocycles. The molecule has 1 heteroatoms. The van der Waals surface area contributed by atoms with E-state index in [1.165, 1.54) is 130 Å². The van der Waals surface area contributed by atoms with E-state index >= 15 is 0 Å². The van der Waals surface area contributed by atoms with Gasteiger partial charge in [0.25, 0.3) is 0 Å². The minimum absolute atomic E-state index is 0.840. The van der Waals surface area contributed by atoms with E-state index in [1.807, 2.05) is 0 Å². The van der Waals surface area contributed by atoms with Gasteiger partial charge >= 0.3 is 0 Å². The van der Waals surface area contributed by atoms with Crippen molar-refractivity contribution < 1.29 is 4.74 Å². The standard InChI is InChI=1S/C33H50O/c1-3-5-6-7-8-9-10-11-12-13-14-15-16-17-18-19-25-34-32-24-23-30-27-28(4-2)26-29-21-20-22-31(32)33(29)30/h20-24,27H,3-19,25-26H2,1-2H3. The van der Waals surface area contributed by atoms with E-state index in [9.17, 15) is 0 Å². The zero-order valence-corrected chi connectivity index (χ0v) is 22.3. The molecule has 0 atom stereocenters. The molecular weight excluding hydrogens is 412 g/mol. The monoisotopic (exact) mass is 462 g/mol. The van der Waals surface area contributed by atoms with E-state index in [-0.39, 0.29) is 0 Å². The molecule has 0 aromatic heterocycles. The Morgan fingerprint density at radius 3 is 1.82 bits per heavy atom. The normalized spacial score (nSPS) is 12.8. The van der Waals surface area contributed by atoms with Crippen molar-refractivity contribution in [2.24, 2.45) is 0 Å². The van der Waals surface area contributed by atoms with Gasteiger partial charge in [0.15, 0.2) is 0 Å². The van der Waals surface area contributed by atoms with Crippen molar-refractivity contribution in [1.29, 1.82) is 0 Å². The fourth-order valence-corrected chi connectivity index (χ4v) is 5.45. The molecule has 0 fully saturated rings. The van der Waals surface area contributed by atoms with Gasteiger partial charge in [-0.3, -0.25) is 0 Å². The van der Waals surface area contributed by atoms with Crippen LogP contribution in [-0.2, 0) is 6.42 Å². The predicted octanol–water partition coefficient (Wildman–Crippen LogP) is 10.8. The molecule has 0 heterocycles. The Kier molecular flexibility index (Phi) is 12.6. The predicted molar refractivity (Wildman–Crippen MR) is 151 cm³/mol. The van der Waals surface area contributed by atoms with Crippen LogP contribution in [0, 0.1) is 0 Å². The fourth-order valence-electron chi connectivity index (χ4n) is 5.45. The summed E-state index contributed by atoms with van der Waals surface area (Å²) >= 11 is 0. The molecule has 0 N–H and O–H groups in total. The van der Waals surface area contributed by atoms with E-state index in [1.54, 1.807) is 0 Å². The van der Waals surface area contributed by atoms with Gasteiger partial charge in [0.05, 0.1) is 6.61 Å². The molecule has 2 aromatic rings. The maximum atomic E-state index is 6.25. The molecule has 1 aliphatic rings. The molecule has 1 nitrogen and oxygen atoms in total. The maximum Gasteiger partial charge on any atom is 0.127 e. The minimum atomic E-state index is 0.840. The Morgan fingerprint density at radius 2 is 1.24 bits per heavy atom. The van der Waals surface area contributed by atoms with Crippen LogP contribution < -0.4 is 4.74 Å². The van der Waals surface area contributed by atoms with Crippen molar-refractivity contribution in [3.63, 3.8) is 0 Å². The molecule has 0 spiro atoms. The molecule has 0 amide bonds. The van der Waals surface area contributed by atoms with Crippen LogP contribution >= 0.6 is 0 Å². The van der Waals surface area contributed by atoms with Crippen LogP contribution in [0.3, 0.4) is 0 Å². The molecule has 0 unspecified atom stereocenters. The van der Waals surface area contributed by atoms with E-state index < -0.39 is 0 Å². The van der Waals surface area contributed by atoms with Gasteiger partial charge in [0.2, 0.25) is 0 Å². The van der Waals surface area contributed by atoms with Crippen LogP contribution in [0.1, 0.15) is 134 Å². The van der Waals surface area contributed by atoms with Gasteiger partial charge in [-0.05, 0) is 41.8 Å². The Balaban J connectivity index is 1.21. The van der Waals surface area contributed by atoms with Crippen molar-refractivity contribution in [3.8, 4) is 5.75 Å².